The van der Waals surface area contributed by atoms with Crippen LogP contribution in [-0.4, -0.2) is 68.0 Å². The lowest BCUT2D eigenvalue weighted by Crippen LogP contribution is -2.47. The molecule has 204 valence electrons. The van der Waals surface area contributed by atoms with Crippen molar-refractivity contribution in [1.29, 1.82) is 0 Å². The van der Waals surface area contributed by atoms with E-state index < -0.39 is 24.5 Å². The minimum atomic E-state index is -4.40. The third kappa shape index (κ3) is 6.76. The van der Waals surface area contributed by atoms with E-state index in [0.717, 1.165) is 6.54 Å². The SMILES string of the molecule is Cc1onc(-c2c(F)cccc2Cl)c1C(=O)NCCCN1CCN(c2ccccc2OCC(F)(F)F)CC1. The highest BCUT2D eigenvalue weighted by molar-refractivity contribution is 6.33. The van der Waals surface area contributed by atoms with Gasteiger partial charge in [-0.05, 0) is 44.2 Å². The highest BCUT2D eigenvalue weighted by Crippen LogP contribution is 2.33. The summed E-state index contributed by atoms with van der Waals surface area (Å²) >= 11 is 6.14. The summed E-state index contributed by atoms with van der Waals surface area (Å²) < 4.78 is 62.3. The molecule has 0 aliphatic carbocycles. The summed E-state index contributed by atoms with van der Waals surface area (Å²) in [5, 5.41) is 6.81. The van der Waals surface area contributed by atoms with Crippen molar-refractivity contribution in [2.24, 2.45) is 0 Å². The number of carbonyl (C=O) groups excluding carboxylic acids is 1. The third-order valence-electron chi connectivity index (χ3n) is 6.20. The van der Waals surface area contributed by atoms with E-state index in [4.69, 9.17) is 20.9 Å². The third-order valence-corrected chi connectivity index (χ3v) is 6.51. The smallest absolute Gasteiger partial charge is 0.422 e. The van der Waals surface area contributed by atoms with Gasteiger partial charge in [-0.3, -0.25) is 9.69 Å². The summed E-state index contributed by atoms with van der Waals surface area (Å²) in [6.07, 6.45) is -3.74. The first-order valence-corrected chi connectivity index (χ1v) is 12.5. The molecule has 2 heterocycles. The Morgan fingerprint density at radius 3 is 2.58 bits per heavy atom. The van der Waals surface area contributed by atoms with Crippen LogP contribution in [-0.2, 0) is 0 Å². The predicted octanol–water partition coefficient (Wildman–Crippen LogP) is 5.33. The molecule has 0 unspecified atom stereocenters. The van der Waals surface area contributed by atoms with Crippen LogP contribution in [0.5, 0.6) is 5.75 Å². The standard InChI is InChI=1S/C26H27ClF4N4O3/c1-17-22(24(33-38-17)23-18(27)6-4-7-19(23)28)25(36)32-10-5-11-34-12-14-35(15-13-34)20-8-2-3-9-21(20)37-16-26(29,30)31/h2-4,6-9H,5,10-16H2,1H3,(H,32,36). The quantitative estimate of drug-likeness (QED) is 0.285. The van der Waals surface area contributed by atoms with E-state index in [9.17, 15) is 22.4 Å². The van der Waals surface area contributed by atoms with Gasteiger partial charge in [-0.1, -0.05) is 35.0 Å². The largest absolute Gasteiger partial charge is 0.482 e. The van der Waals surface area contributed by atoms with Crippen LogP contribution in [0.1, 0.15) is 22.5 Å². The molecule has 1 aromatic heterocycles. The molecule has 1 saturated heterocycles. The number of para-hydroxylation sites is 2. The van der Waals surface area contributed by atoms with Gasteiger partial charge in [0.15, 0.2) is 6.61 Å². The van der Waals surface area contributed by atoms with Crippen LogP contribution in [0.4, 0.5) is 23.2 Å². The number of hydrogen-bond acceptors (Lipinski definition) is 6. The van der Waals surface area contributed by atoms with E-state index in [1.807, 2.05) is 4.90 Å². The van der Waals surface area contributed by atoms with Crippen molar-refractivity contribution in [1.82, 2.24) is 15.4 Å². The number of piperazine rings is 1. The maximum Gasteiger partial charge on any atom is 0.422 e. The van der Waals surface area contributed by atoms with Crippen LogP contribution in [0.25, 0.3) is 11.3 Å². The first-order valence-electron chi connectivity index (χ1n) is 12.1. The van der Waals surface area contributed by atoms with E-state index in [0.29, 0.717) is 44.8 Å². The lowest BCUT2D eigenvalue weighted by Gasteiger charge is -2.36. The zero-order valence-electron chi connectivity index (χ0n) is 20.7. The minimum Gasteiger partial charge on any atom is -0.482 e. The van der Waals surface area contributed by atoms with E-state index in [-0.39, 0.29) is 33.4 Å². The Bertz CT molecular complexity index is 1240. The first kappa shape index (κ1) is 27.7. The average molecular weight is 555 g/mol. The molecule has 4 rings (SSSR count). The number of nitrogens with zero attached hydrogens (tertiary/aromatic N) is 3. The second-order valence-electron chi connectivity index (χ2n) is 8.87. The molecule has 1 N–H and O–H groups in total. The van der Waals surface area contributed by atoms with Crippen molar-refractivity contribution < 1.29 is 31.6 Å². The Labute approximate surface area is 222 Å². The van der Waals surface area contributed by atoms with Crippen LogP contribution in [0.15, 0.2) is 47.0 Å². The number of rotatable bonds is 9. The van der Waals surface area contributed by atoms with Crippen LogP contribution in [0, 0.1) is 12.7 Å². The fourth-order valence-corrected chi connectivity index (χ4v) is 4.59. The van der Waals surface area contributed by atoms with Gasteiger partial charge in [0, 0.05) is 32.7 Å². The number of carbonyl (C=O) groups is 1. The van der Waals surface area contributed by atoms with Crippen molar-refractivity contribution in [2.75, 3.05) is 50.8 Å². The molecular weight excluding hydrogens is 528 g/mol. The number of hydrogen-bond donors (Lipinski definition) is 1. The molecule has 3 aromatic rings. The zero-order valence-corrected chi connectivity index (χ0v) is 21.4. The Kier molecular flexibility index (Phi) is 8.78. The highest BCUT2D eigenvalue weighted by Gasteiger charge is 2.29. The lowest BCUT2D eigenvalue weighted by molar-refractivity contribution is -0.153. The maximum absolute atomic E-state index is 14.4. The fraction of sp³-hybridized carbons (Fsp3) is 0.385. The molecule has 0 radical (unpaired) electrons. The van der Waals surface area contributed by atoms with Crippen molar-refractivity contribution in [3.05, 3.63) is 64.6 Å². The van der Waals surface area contributed by atoms with Crippen LogP contribution in [0.3, 0.4) is 0 Å². The minimum absolute atomic E-state index is 0.0133. The fourth-order valence-electron chi connectivity index (χ4n) is 4.34. The zero-order chi connectivity index (χ0) is 27.3. The molecule has 0 spiro atoms. The maximum atomic E-state index is 14.4. The van der Waals surface area contributed by atoms with Crippen LogP contribution < -0.4 is 15.0 Å². The molecular formula is C26H27ClF4N4O3. The van der Waals surface area contributed by atoms with Gasteiger partial charge < -0.3 is 19.5 Å². The van der Waals surface area contributed by atoms with E-state index in [2.05, 4.69) is 15.4 Å². The number of aromatic nitrogens is 1. The summed E-state index contributed by atoms with van der Waals surface area (Å²) in [7, 11) is 0. The van der Waals surface area contributed by atoms with E-state index >= 15 is 0 Å². The molecule has 1 aliphatic heterocycles. The van der Waals surface area contributed by atoms with Gasteiger partial charge in [0.05, 0.1) is 16.3 Å². The van der Waals surface area contributed by atoms with Gasteiger partial charge in [-0.25, -0.2) is 4.39 Å². The number of halogens is 5. The molecule has 0 bridgehead atoms. The van der Waals surface area contributed by atoms with Gasteiger partial charge in [0.25, 0.3) is 5.91 Å². The number of benzene rings is 2. The van der Waals surface area contributed by atoms with Crippen molar-refractivity contribution in [3.63, 3.8) is 0 Å². The Balaban J connectivity index is 1.26. The Morgan fingerprint density at radius 2 is 1.87 bits per heavy atom. The summed E-state index contributed by atoms with van der Waals surface area (Å²) in [6.45, 7) is 4.02. The number of anilines is 1. The van der Waals surface area contributed by atoms with Gasteiger partial charge in [0.1, 0.15) is 28.6 Å². The highest BCUT2D eigenvalue weighted by atomic mass is 35.5. The normalized spacial score (nSPS) is 14.5. The van der Waals surface area contributed by atoms with Crippen molar-refractivity contribution >= 4 is 23.2 Å². The predicted molar refractivity (Wildman–Crippen MR) is 135 cm³/mol. The second kappa shape index (κ2) is 12.0. The summed E-state index contributed by atoms with van der Waals surface area (Å²) in [6, 6.07) is 10.9. The van der Waals surface area contributed by atoms with E-state index in [1.54, 1.807) is 31.2 Å². The number of aryl methyl sites for hydroxylation is 1. The molecule has 2 aromatic carbocycles. The second-order valence-corrected chi connectivity index (χ2v) is 9.28. The molecule has 1 aliphatic rings. The Morgan fingerprint density at radius 1 is 1.13 bits per heavy atom. The molecule has 38 heavy (non-hydrogen) atoms. The van der Waals surface area contributed by atoms with Gasteiger partial charge in [-0.15, -0.1) is 0 Å². The Hall–Kier alpha value is -3.31. The topological polar surface area (TPSA) is 70.8 Å². The molecule has 12 heteroatoms. The molecule has 1 amide bonds. The summed E-state index contributed by atoms with van der Waals surface area (Å²) in [5.74, 6) is -0.569. The first-order chi connectivity index (χ1) is 18.1. The van der Waals surface area contributed by atoms with Gasteiger partial charge in [0.2, 0.25) is 0 Å². The van der Waals surface area contributed by atoms with E-state index in [1.165, 1.54) is 18.2 Å². The number of nitrogens with one attached hydrogen (secondary N) is 1. The monoisotopic (exact) mass is 554 g/mol. The van der Waals surface area contributed by atoms with Crippen LogP contribution >= 0.6 is 11.6 Å². The van der Waals surface area contributed by atoms with Crippen molar-refractivity contribution in [3.8, 4) is 17.0 Å². The molecule has 1 fully saturated rings. The molecule has 7 nitrogen and oxygen atoms in total. The van der Waals surface area contributed by atoms with Crippen molar-refractivity contribution in [2.45, 2.75) is 19.5 Å². The number of ether oxygens (including phenoxy) is 1. The lowest BCUT2D eigenvalue weighted by atomic mass is 10.0. The summed E-state index contributed by atoms with van der Waals surface area (Å²) in [5.41, 5.74) is 0.841. The molecule has 0 atom stereocenters. The summed E-state index contributed by atoms with van der Waals surface area (Å²) in [4.78, 5) is 17.1. The van der Waals surface area contributed by atoms with Gasteiger partial charge in [-0.2, -0.15) is 13.2 Å². The van der Waals surface area contributed by atoms with Crippen LogP contribution in [0.2, 0.25) is 5.02 Å². The average Bonchev–Trinajstić information content (AvgIpc) is 3.26. The molecule has 0 saturated carbocycles. The van der Waals surface area contributed by atoms with Gasteiger partial charge >= 0.3 is 6.18 Å². The number of alkyl halides is 3. The number of amides is 1.